The van der Waals surface area contributed by atoms with E-state index in [0.29, 0.717) is 17.2 Å². The Hall–Kier alpha value is -2.58. The Morgan fingerprint density at radius 1 is 1.07 bits per heavy atom. The Morgan fingerprint density at radius 3 is 2.21 bits per heavy atom. The van der Waals surface area contributed by atoms with Crippen molar-refractivity contribution >= 4 is 21.6 Å². The molecule has 0 aliphatic carbocycles. The van der Waals surface area contributed by atoms with Gasteiger partial charge >= 0.3 is 0 Å². The van der Waals surface area contributed by atoms with Gasteiger partial charge in [0.25, 0.3) is 0 Å². The zero-order chi connectivity index (χ0) is 20.9. The van der Waals surface area contributed by atoms with Gasteiger partial charge in [-0.05, 0) is 38.1 Å². The predicted molar refractivity (Wildman–Crippen MR) is 108 cm³/mol. The fourth-order valence-electron chi connectivity index (χ4n) is 2.78. The highest BCUT2D eigenvalue weighted by molar-refractivity contribution is 7.89. The molecule has 2 rings (SSSR count). The molecule has 0 bridgehead atoms. The first-order valence-electron chi connectivity index (χ1n) is 8.86. The summed E-state index contributed by atoms with van der Waals surface area (Å²) in [5.41, 5.74) is 1.68. The van der Waals surface area contributed by atoms with Gasteiger partial charge in [-0.3, -0.25) is 4.79 Å². The second-order valence-corrected chi connectivity index (χ2v) is 8.15. The zero-order valence-electron chi connectivity index (χ0n) is 16.7. The van der Waals surface area contributed by atoms with E-state index in [-0.39, 0.29) is 11.4 Å². The minimum absolute atomic E-state index is 0.0296. The van der Waals surface area contributed by atoms with Gasteiger partial charge in [0.05, 0.1) is 19.1 Å². The van der Waals surface area contributed by atoms with Crippen molar-refractivity contribution in [1.82, 2.24) is 4.31 Å². The molecule has 152 valence electrons. The summed E-state index contributed by atoms with van der Waals surface area (Å²) in [6.45, 7) is 5.33. The molecule has 0 saturated carbocycles. The monoisotopic (exact) mass is 406 g/mol. The number of hydrogen-bond donors (Lipinski definition) is 1. The lowest BCUT2D eigenvalue weighted by atomic mass is 10.2. The first-order valence-corrected chi connectivity index (χ1v) is 10.3. The molecular formula is C20H26N2O5S. The number of hydrogen-bond acceptors (Lipinski definition) is 5. The highest BCUT2D eigenvalue weighted by Gasteiger charge is 2.32. The molecule has 2 aromatic carbocycles. The number of nitrogens with zero attached hydrogens (tertiary/aromatic N) is 1. The fourth-order valence-corrected chi connectivity index (χ4v) is 4.40. The largest absolute Gasteiger partial charge is 0.493 e. The van der Waals surface area contributed by atoms with E-state index < -0.39 is 22.0 Å². The summed E-state index contributed by atoms with van der Waals surface area (Å²) in [5, 5.41) is 2.76. The van der Waals surface area contributed by atoms with Gasteiger partial charge in [0.2, 0.25) is 15.9 Å². The maximum atomic E-state index is 13.1. The Balaban J connectivity index is 2.28. The molecule has 0 unspecified atom stereocenters. The van der Waals surface area contributed by atoms with E-state index in [1.54, 1.807) is 26.0 Å². The molecular weight excluding hydrogens is 380 g/mol. The summed E-state index contributed by atoms with van der Waals surface area (Å²) in [6, 6.07) is 10.8. The lowest BCUT2D eigenvalue weighted by Gasteiger charge is -2.26. The number of benzene rings is 2. The number of anilines is 1. The van der Waals surface area contributed by atoms with Crippen LogP contribution in [0.25, 0.3) is 0 Å². The number of rotatable bonds is 8. The number of ether oxygens (including phenoxy) is 2. The van der Waals surface area contributed by atoms with E-state index in [1.165, 1.54) is 32.4 Å². The second-order valence-electron chi connectivity index (χ2n) is 6.26. The van der Waals surface area contributed by atoms with E-state index in [1.807, 2.05) is 19.1 Å². The summed E-state index contributed by atoms with van der Waals surface area (Å²) in [6.07, 6.45) is 0. The number of methoxy groups -OCH3 is 2. The fraction of sp³-hybridized carbons (Fsp3) is 0.350. The molecule has 0 spiro atoms. The second kappa shape index (κ2) is 9.07. The van der Waals surface area contributed by atoms with E-state index in [2.05, 4.69) is 5.32 Å². The average Bonchev–Trinajstić information content (AvgIpc) is 2.69. The Labute approximate surface area is 166 Å². The van der Waals surface area contributed by atoms with Crippen LogP contribution in [-0.2, 0) is 14.8 Å². The van der Waals surface area contributed by atoms with Gasteiger partial charge in [-0.2, -0.15) is 4.31 Å². The van der Waals surface area contributed by atoms with Gasteiger partial charge < -0.3 is 14.8 Å². The summed E-state index contributed by atoms with van der Waals surface area (Å²) in [5.74, 6) is 0.320. The molecule has 0 heterocycles. The van der Waals surface area contributed by atoms with Crippen LogP contribution in [0.5, 0.6) is 11.5 Å². The zero-order valence-corrected chi connectivity index (χ0v) is 17.5. The van der Waals surface area contributed by atoms with Crippen molar-refractivity contribution < 1.29 is 22.7 Å². The van der Waals surface area contributed by atoms with Gasteiger partial charge in [-0.25, -0.2) is 8.42 Å². The number of amides is 1. The van der Waals surface area contributed by atoms with Gasteiger partial charge in [0.1, 0.15) is 6.04 Å². The van der Waals surface area contributed by atoms with Crippen LogP contribution in [0.3, 0.4) is 0 Å². The third-order valence-electron chi connectivity index (χ3n) is 4.40. The minimum Gasteiger partial charge on any atom is -0.493 e. The molecule has 1 N–H and O–H groups in total. The Bertz CT molecular complexity index is 926. The highest BCUT2D eigenvalue weighted by Crippen LogP contribution is 2.31. The van der Waals surface area contributed by atoms with Crippen LogP contribution < -0.4 is 14.8 Å². The number of carbonyl (C=O) groups is 1. The van der Waals surface area contributed by atoms with Crippen LogP contribution in [0.1, 0.15) is 19.4 Å². The number of nitrogens with one attached hydrogen (secondary N) is 1. The van der Waals surface area contributed by atoms with Crippen molar-refractivity contribution in [3.8, 4) is 11.5 Å². The molecule has 8 heteroatoms. The highest BCUT2D eigenvalue weighted by atomic mass is 32.2. The van der Waals surface area contributed by atoms with Crippen LogP contribution >= 0.6 is 0 Å². The third-order valence-corrected chi connectivity index (χ3v) is 6.45. The van der Waals surface area contributed by atoms with Crippen molar-refractivity contribution in [1.29, 1.82) is 0 Å². The van der Waals surface area contributed by atoms with E-state index in [9.17, 15) is 13.2 Å². The van der Waals surface area contributed by atoms with Crippen molar-refractivity contribution in [2.45, 2.75) is 31.7 Å². The van der Waals surface area contributed by atoms with Gasteiger partial charge in [0, 0.05) is 18.3 Å². The topological polar surface area (TPSA) is 84.9 Å². The van der Waals surface area contributed by atoms with Crippen molar-refractivity contribution in [2.75, 3.05) is 26.1 Å². The lowest BCUT2D eigenvalue weighted by Crippen LogP contribution is -2.45. The molecule has 0 aliphatic rings. The molecule has 1 amide bonds. The van der Waals surface area contributed by atoms with Crippen LogP contribution in [0, 0.1) is 6.92 Å². The standard InChI is InChI=1S/C20H26N2O5S/c1-6-22(15(3)20(23)21-16-9-7-14(2)8-10-16)28(24,25)17-11-12-18(26-4)19(13-17)27-5/h7-13,15H,6H2,1-5H3,(H,21,23)/t15-/m1/s1. The van der Waals surface area contributed by atoms with Crippen molar-refractivity contribution in [3.63, 3.8) is 0 Å². The maximum absolute atomic E-state index is 13.1. The average molecular weight is 407 g/mol. The molecule has 2 aromatic rings. The quantitative estimate of drug-likeness (QED) is 0.728. The molecule has 7 nitrogen and oxygen atoms in total. The summed E-state index contributed by atoms with van der Waals surface area (Å²) < 4.78 is 37.7. The van der Waals surface area contributed by atoms with E-state index in [4.69, 9.17) is 9.47 Å². The number of likely N-dealkylation sites (N-methyl/N-ethyl adjacent to an activating group) is 1. The third kappa shape index (κ3) is 4.63. The smallest absolute Gasteiger partial charge is 0.243 e. The molecule has 0 fully saturated rings. The summed E-state index contributed by atoms with van der Waals surface area (Å²) in [7, 11) is -1.01. The minimum atomic E-state index is -3.92. The first kappa shape index (κ1) is 21.7. The van der Waals surface area contributed by atoms with Crippen LogP contribution in [0.2, 0.25) is 0 Å². The molecule has 28 heavy (non-hydrogen) atoms. The van der Waals surface area contributed by atoms with Crippen molar-refractivity contribution in [3.05, 3.63) is 48.0 Å². The number of aryl methyl sites for hydroxylation is 1. The van der Waals surface area contributed by atoms with Crippen LogP contribution in [-0.4, -0.2) is 45.4 Å². The Morgan fingerprint density at radius 2 is 1.68 bits per heavy atom. The van der Waals surface area contributed by atoms with Gasteiger partial charge in [-0.15, -0.1) is 0 Å². The Kier molecular flexibility index (Phi) is 7.04. The molecule has 0 saturated heterocycles. The van der Waals surface area contributed by atoms with E-state index in [0.717, 1.165) is 9.87 Å². The molecule has 1 atom stereocenters. The summed E-state index contributed by atoms with van der Waals surface area (Å²) >= 11 is 0. The van der Waals surface area contributed by atoms with Crippen LogP contribution in [0.4, 0.5) is 5.69 Å². The van der Waals surface area contributed by atoms with Gasteiger partial charge in [0.15, 0.2) is 11.5 Å². The molecule has 0 radical (unpaired) electrons. The van der Waals surface area contributed by atoms with Gasteiger partial charge in [-0.1, -0.05) is 24.6 Å². The SMILES string of the molecule is CCN([C@H](C)C(=O)Nc1ccc(C)cc1)S(=O)(=O)c1ccc(OC)c(OC)c1. The molecule has 0 aliphatic heterocycles. The normalized spacial score (nSPS) is 12.5. The van der Waals surface area contributed by atoms with Crippen molar-refractivity contribution in [2.24, 2.45) is 0 Å². The number of sulfonamides is 1. The summed E-state index contributed by atoms with van der Waals surface area (Å²) in [4.78, 5) is 12.7. The lowest BCUT2D eigenvalue weighted by molar-refractivity contribution is -0.119. The predicted octanol–water partition coefficient (Wildman–Crippen LogP) is 3.05. The number of carbonyl (C=O) groups excluding carboxylic acids is 1. The van der Waals surface area contributed by atoms with Crippen LogP contribution in [0.15, 0.2) is 47.4 Å². The maximum Gasteiger partial charge on any atom is 0.243 e. The molecule has 0 aromatic heterocycles. The van der Waals surface area contributed by atoms with E-state index >= 15 is 0 Å². The first-order chi connectivity index (χ1) is 13.2.